The number of amides is 1. The number of fused-ring (bicyclic) bond motifs is 2. The van der Waals surface area contributed by atoms with Gasteiger partial charge in [-0.3, -0.25) is 9.78 Å². The first-order valence-electron chi connectivity index (χ1n) is 10.2. The number of nitrogens with zero attached hydrogens (tertiary/aromatic N) is 5. The molecule has 1 amide bonds. The van der Waals surface area contributed by atoms with Crippen molar-refractivity contribution < 1.29 is 9.53 Å². The molecule has 2 N–H and O–H groups in total. The highest BCUT2D eigenvalue weighted by Gasteiger charge is 2.28. The Labute approximate surface area is 179 Å². The average Bonchev–Trinajstić information content (AvgIpc) is 3.11. The zero-order valence-corrected chi connectivity index (χ0v) is 17.4. The number of nitrogen functional groups attached to an aromatic ring is 1. The van der Waals surface area contributed by atoms with Crippen LogP contribution in [0.2, 0.25) is 0 Å². The molecule has 0 saturated carbocycles. The minimum atomic E-state index is -0.264. The van der Waals surface area contributed by atoms with Crippen LogP contribution >= 0.6 is 0 Å². The molecule has 8 nitrogen and oxygen atoms in total. The van der Waals surface area contributed by atoms with Crippen LogP contribution in [0.4, 0.5) is 11.5 Å². The van der Waals surface area contributed by atoms with Crippen LogP contribution in [0, 0.1) is 6.92 Å². The van der Waals surface area contributed by atoms with E-state index in [-0.39, 0.29) is 23.2 Å². The number of aryl methyl sites for hydroxylation is 2. The Hall–Kier alpha value is -3.94. The molecule has 0 saturated heterocycles. The van der Waals surface area contributed by atoms with Crippen molar-refractivity contribution in [3.63, 3.8) is 0 Å². The summed E-state index contributed by atoms with van der Waals surface area (Å²) in [7, 11) is 0. The van der Waals surface area contributed by atoms with Crippen molar-refractivity contribution in [2.24, 2.45) is 0 Å². The van der Waals surface area contributed by atoms with Crippen molar-refractivity contribution in [2.45, 2.75) is 20.3 Å². The number of benzene rings is 1. The second kappa shape index (κ2) is 7.39. The van der Waals surface area contributed by atoms with E-state index >= 15 is 0 Å². The molecule has 0 atom stereocenters. The van der Waals surface area contributed by atoms with Gasteiger partial charge in [-0.25, -0.2) is 9.97 Å². The summed E-state index contributed by atoms with van der Waals surface area (Å²) in [4.78, 5) is 27.6. The Bertz CT molecular complexity index is 1310. The monoisotopic (exact) mass is 414 g/mol. The van der Waals surface area contributed by atoms with Gasteiger partial charge >= 0.3 is 0 Å². The van der Waals surface area contributed by atoms with Gasteiger partial charge in [0.25, 0.3) is 5.91 Å². The molecule has 1 aliphatic heterocycles. The number of nitrogens with two attached hydrogens (primary N) is 1. The van der Waals surface area contributed by atoms with Crippen molar-refractivity contribution in [1.29, 1.82) is 0 Å². The predicted octanol–water partition coefficient (Wildman–Crippen LogP) is 3.31. The highest BCUT2D eigenvalue weighted by atomic mass is 16.5. The highest BCUT2D eigenvalue weighted by molar-refractivity contribution is 6.11. The summed E-state index contributed by atoms with van der Waals surface area (Å²) in [5, 5.41) is 1.02. The molecule has 1 aliphatic rings. The predicted molar refractivity (Wildman–Crippen MR) is 119 cm³/mol. The Morgan fingerprint density at radius 1 is 1.16 bits per heavy atom. The fourth-order valence-corrected chi connectivity index (χ4v) is 4.00. The van der Waals surface area contributed by atoms with Crippen LogP contribution in [0.15, 0.2) is 48.9 Å². The standard InChI is InChI=1S/C23H22N6O2/c1-3-17-19(6-4-14(2)27-17)29-9-8-15-12-16(5-7-18(15)29)28-10-11-31-22-20(23(28)30)21(24)25-13-26-22/h4-9,12-13H,3,10-11H2,1-2H3,(H2,24,25,26). The lowest BCUT2D eigenvalue weighted by Gasteiger charge is -2.20. The Kier molecular flexibility index (Phi) is 4.54. The molecule has 0 bridgehead atoms. The van der Waals surface area contributed by atoms with E-state index in [9.17, 15) is 4.79 Å². The van der Waals surface area contributed by atoms with Gasteiger partial charge in [0.1, 0.15) is 24.3 Å². The van der Waals surface area contributed by atoms with Crippen molar-refractivity contribution in [3.8, 4) is 11.6 Å². The molecule has 31 heavy (non-hydrogen) atoms. The largest absolute Gasteiger partial charge is 0.475 e. The number of hydrogen-bond acceptors (Lipinski definition) is 6. The topological polar surface area (TPSA) is 99.2 Å². The Balaban J connectivity index is 1.56. The van der Waals surface area contributed by atoms with Gasteiger partial charge in [0.05, 0.1) is 23.4 Å². The van der Waals surface area contributed by atoms with Gasteiger partial charge in [-0.05, 0) is 49.7 Å². The fourth-order valence-electron chi connectivity index (χ4n) is 4.00. The molecular weight excluding hydrogens is 392 g/mol. The third-order valence-corrected chi connectivity index (χ3v) is 5.52. The number of carbonyl (C=O) groups excluding carboxylic acids is 1. The average molecular weight is 414 g/mol. The third-order valence-electron chi connectivity index (χ3n) is 5.52. The molecule has 0 fully saturated rings. The summed E-state index contributed by atoms with van der Waals surface area (Å²) in [5.74, 6) is 0.0830. The molecule has 4 aromatic rings. The molecule has 4 heterocycles. The van der Waals surface area contributed by atoms with E-state index in [4.69, 9.17) is 10.5 Å². The molecule has 156 valence electrons. The van der Waals surface area contributed by atoms with Crippen LogP contribution in [-0.2, 0) is 6.42 Å². The minimum absolute atomic E-state index is 0.119. The van der Waals surface area contributed by atoms with Crippen LogP contribution in [0.25, 0.3) is 16.6 Å². The van der Waals surface area contributed by atoms with Gasteiger partial charge in [0.2, 0.25) is 5.88 Å². The lowest BCUT2D eigenvalue weighted by molar-refractivity contribution is 0.0990. The zero-order valence-electron chi connectivity index (χ0n) is 17.4. The van der Waals surface area contributed by atoms with E-state index in [1.54, 1.807) is 4.90 Å². The first-order chi connectivity index (χ1) is 15.1. The maximum atomic E-state index is 13.2. The van der Waals surface area contributed by atoms with Crippen LogP contribution in [0.1, 0.15) is 28.7 Å². The molecule has 8 heteroatoms. The van der Waals surface area contributed by atoms with Gasteiger partial charge in [-0.1, -0.05) is 6.92 Å². The van der Waals surface area contributed by atoms with E-state index in [1.165, 1.54) is 6.33 Å². The van der Waals surface area contributed by atoms with E-state index in [2.05, 4.69) is 32.5 Å². The molecule has 1 aromatic carbocycles. The number of aromatic nitrogens is 4. The van der Waals surface area contributed by atoms with Gasteiger partial charge in [0.15, 0.2) is 0 Å². The van der Waals surface area contributed by atoms with Crippen LogP contribution < -0.4 is 15.4 Å². The zero-order chi connectivity index (χ0) is 21.5. The van der Waals surface area contributed by atoms with Crippen LogP contribution in [0.3, 0.4) is 0 Å². The summed E-state index contributed by atoms with van der Waals surface area (Å²) < 4.78 is 7.77. The minimum Gasteiger partial charge on any atom is -0.475 e. The number of anilines is 2. The number of carbonyl (C=O) groups is 1. The highest BCUT2D eigenvalue weighted by Crippen LogP contribution is 2.31. The maximum absolute atomic E-state index is 13.2. The molecule has 0 spiro atoms. The maximum Gasteiger partial charge on any atom is 0.267 e. The van der Waals surface area contributed by atoms with Crippen molar-refractivity contribution in [1.82, 2.24) is 19.5 Å². The molecule has 0 radical (unpaired) electrons. The smallest absolute Gasteiger partial charge is 0.267 e. The second-order valence-electron chi connectivity index (χ2n) is 7.45. The Morgan fingerprint density at radius 2 is 2.03 bits per heavy atom. The van der Waals surface area contributed by atoms with Gasteiger partial charge in [-0.2, -0.15) is 0 Å². The van der Waals surface area contributed by atoms with Crippen LogP contribution in [-0.4, -0.2) is 38.6 Å². The summed E-state index contributed by atoms with van der Waals surface area (Å²) in [6, 6.07) is 12.1. The number of pyridine rings is 1. The summed E-state index contributed by atoms with van der Waals surface area (Å²) in [6.45, 7) is 4.82. The SMILES string of the molecule is CCc1nc(C)ccc1-n1ccc2cc(N3CCOc4ncnc(N)c4C3=O)ccc21. The molecular formula is C23H22N6O2. The molecule has 0 unspecified atom stereocenters. The quantitative estimate of drug-likeness (QED) is 0.552. The molecule has 5 rings (SSSR count). The normalized spacial score (nSPS) is 13.7. The molecule has 3 aromatic heterocycles. The van der Waals surface area contributed by atoms with E-state index in [0.717, 1.165) is 40.1 Å². The summed E-state index contributed by atoms with van der Waals surface area (Å²) >= 11 is 0. The lowest BCUT2D eigenvalue weighted by Crippen LogP contribution is -2.32. The first-order valence-corrected chi connectivity index (χ1v) is 10.2. The second-order valence-corrected chi connectivity index (χ2v) is 7.45. The van der Waals surface area contributed by atoms with Gasteiger partial charge in [-0.15, -0.1) is 0 Å². The third kappa shape index (κ3) is 3.16. The van der Waals surface area contributed by atoms with E-state index in [1.807, 2.05) is 43.5 Å². The van der Waals surface area contributed by atoms with E-state index < -0.39 is 0 Å². The Morgan fingerprint density at radius 3 is 2.87 bits per heavy atom. The van der Waals surface area contributed by atoms with Crippen LogP contribution in [0.5, 0.6) is 5.88 Å². The van der Waals surface area contributed by atoms with Gasteiger partial charge < -0.3 is 19.9 Å². The number of hydrogen-bond donors (Lipinski definition) is 1. The van der Waals surface area contributed by atoms with E-state index in [0.29, 0.717) is 13.2 Å². The fraction of sp³-hybridized carbons (Fsp3) is 0.217. The summed E-state index contributed by atoms with van der Waals surface area (Å²) in [5.41, 5.74) is 11.1. The van der Waals surface area contributed by atoms with Crippen molar-refractivity contribution in [2.75, 3.05) is 23.8 Å². The van der Waals surface area contributed by atoms with Crippen molar-refractivity contribution in [3.05, 3.63) is 65.9 Å². The van der Waals surface area contributed by atoms with Crippen molar-refractivity contribution >= 4 is 28.3 Å². The molecule has 0 aliphatic carbocycles. The summed E-state index contributed by atoms with van der Waals surface area (Å²) in [6.07, 6.45) is 4.19. The number of ether oxygens (including phenoxy) is 1. The number of rotatable bonds is 3. The van der Waals surface area contributed by atoms with Gasteiger partial charge in [0, 0.05) is 23.0 Å². The first kappa shape index (κ1) is 19.0. The lowest BCUT2D eigenvalue weighted by atomic mass is 10.1.